The molecule has 4 rings (SSSR count). The predicted octanol–water partition coefficient (Wildman–Crippen LogP) is 4.63. The Balaban J connectivity index is 1.80. The minimum atomic E-state index is -0.809. The molecule has 2 heterocycles. The van der Waals surface area contributed by atoms with Gasteiger partial charge in [0, 0.05) is 24.7 Å². The molecule has 34 heavy (non-hydrogen) atoms. The van der Waals surface area contributed by atoms with Crippen LogP contribution < -0.4 is 23.7 Å². The van der Waals surface area contributed by atoms with Gasteiger partial charge in [0.2, 0.25) is 12.5 Å². The fourth-order valence-corrected chi connectivity index (χ4v) is 4.76. The summed E-state index contributed by atoms with van der Waals surface area (Å²) in [7, 11) is 6.29. The summed E-state index contributed by atoms with van der Waals surface area (Å²) in [5.41, 5.74) is 2.33. The molecular formula is C23H23Cl2NO7S. The van der Waals surface area contributed by atoms with Crippen LogP contribution in [0.2, 0.25) is 0 Å². The van der Waals surface area contributed by atoms with E-state index in [4.69, 9.17) is 63.8 Å². The number of benzene rings is 2. The van der Waals surface area contributed by atoms with Gasteiger partial charge < -0.3 is 33.3 Å². The van der Waals surface area contributed by atoms with E-state index in [1.807, 2.05) is 6.07 Å². The first kappa shape index (κ1) is 24.5. The number of carbonyl (C=O) groups excluding carboxylic acids is 1. The van der Waals surface area contributed by atoms with Crippen molar-refractivity contribution in [2.24, 2.45) is 0 Å². The summed E-state index contributed by atoms with van der Waals surface area (Å²) in [5.74, 6) is 1.59. The number of hydrogen-bond donors (Lipinski definition) is 0. The highest BCUT2D eigenvalue weighted by Gasteiger charge is 2.42. The lowest BCUT2D eigenvalue weighted by Gasteiger charge is -2.25. The lowest BCUT2D eigenvalue weighted by atomic mass is 9.92. The van der Waals surface area contributed by atoms with Crippen LogP contribution in [-0.2, 0) is 11.2 Å². The van der Waals surface area contributed by atoms with E-state index >= 15 is 0 Å². The van der Waals surface area contributed by atoms with Crippen molar-refractivity contribution in [3.63, 3.8) is 0 Å². The number of methoxy groups -OCH3 is 3. The molecule has 0 N–H and O–H groups in total. The average Bonchev–Trinajstić information content (AvgIpc) is 3.44. The van der Waals surface area contributed by atoms with Crippen LogP contribution in [0, 0.1) is 0 Å². The quantitative estimate of drug-likeness (QED) is 0.160. The first-order valence-electron chi connectivity index (χ1n) is 10.3. The Morgan fingerprint density at radius 3 is 2.59 bits per heavy atom. The number of nitrogens with zero attached hydrogens (tertiary/aromatic N) is 1. The molecule has 0 saturated heterocycles. The summed E-state index contributed by atoms with van der Waals surface area (Å²) < 4.78 is 33.7. The summed E-state index contributed by atoms with van der Waals surface area (Å²) in [4.78, 5) is 14.6. The zero-order valence-corrected chi connectivity index (χ0v) is 21.3. The molecule has 0 bridgehead atoms. The second-order valence-corrected chi connectivity index (χ2v) is 9.07. The van der Waals surface area contributed by atoms with E-state index in [0.29, 0.717) is 52.8 Å². The van der Waals surface area contributed by atoms with Crippen LogP contribution in [0.1, 0.15) is 38.5 Å². The molecular weight excluding hydrogens is 505 g/mol. The van der Waals surface area contributed by atoms with Gasteiger partial charge in [-0.2, -0.15) is 0 Å². The second kappa shape index (κ2) is 9.93. The monoisotopic (exact) mass is 527 g/mol. The van der Waals surface area contributed by atoms with Crippen LogP contribution in [-0.4, -0.2) is 57.0 Å². The van der Waals surface area contributed by atoms with Gasteiger partial charge in [-0.3, -0.25) is 0 Å². The first-order chi connectivity index (χ1) is 16.3. The molecule has 0 radical (unpaired) electrons. The van der Waals surface area contributed by atoms with Gasteiger partial charge in [0.25, 0.3) is 0 Å². The van der Waals surface area contributed by atoms with Gasteiger partial charge in [0.1, 0.15) is 17.0 Å². The summed E-state index contributed by atoms with van der Waals surface area (Å²) in [6.07, 6.45) is -0.280. The van der Waals surface area contributed by atoms with Crippen molar-refractivity contribution < 1.29 is 33.2 Å². The molecule has 2 aromatic carbocycles. The van der Waals surface area contributed by atoms with E-state index in [2.05, 4.69) is 0 Å². The Kier molecular flexibility index (Phi) is 7.16. The molecule has 2 aliphatic rings. The third-order valence-corrected chi connectivity index (χ3v) is 6.88. The van der Waals surface area contributed by atoms with Crippen LogP contribution in [0.4, 0.5) is 0 Å². The highest BCUT2D eigenvalue weighted by molar-refractivity contribution is 7.83. The fraction of sp³-hybridized carbons (Fsp3) is 0.391. The largest absolute Gasteiger partial charge is 0.493 e. The Hall–Kier alpha value is -2.62. The molecule has 0 aromatic heterocycles. The van der Waals surface area contributed by atoms with Gasteiger partial charge in [0.15, 0.2) is 27.4 Å². The van der Waals surface area contributed by atoms with E-state index in [1.54, 1.807) is 24.1 Å². The summed E-state index contributed by atoms with van der Waals surface area (Å²) >= 11 is 18.1. The number of fused-ring (bicyclic) bond motifs is 2. The smallest absolute Gasteiger partial charge is 0.343 e. The van der Waals surface area contributed by atoms with E-state index in [-0.39, 0.29) is 16.8 Å². The van der Waals surface area contributed by atoms with E-state index < -0.39 is 17.5 Å². The normalized spacial score (nSPS) is 16.5. The molecule has 0 spiro atoms. The van der Waals surface area contributed by atoms with Crippen molar-refractivity contribution in [3.05, 3.63) is 40.5 Å². The standard InChI is InChI=1S/C23H23Cl2NO7S/c1-26(23(25)34)8-7-11-9-14-20(32-10-31-14)21(30-4)15(11)17(24)18-12-5-6-13(28-2)19(29-3)16(12)22(27)33-18/h5-6,9,17-18H,7-8,10H2,1-4H3/t17-,18+/m1/s1. The molecule has 0 unspecified atom stereocenters. The second-order valence-electron chi connectivity index (χ2n) is 7.63. The predicted molar refractivity (Wildman–Crippen MR) is 130 cm³/mol. The summed E-state index contributed by atoms with van der Waals surface area (Å²) in [6.45, 7) is 0.583. The number of rotatable bonds is 8. The minimum Gasteiger partial charge on any atom is -0.493 e. The molecule has 2 atom stereocenters. The Bertz CT molecular complexity index is 1140. The number of hydrogen-bond acceptors (Lipinski definition) is 8. The molecule has 0 saturated carbocycles. The number of ether oxygens (including phenoxy) is 6. The molecule has 0 amide bonds. The maximum absolute atomic E-state index is 12.8. The van der Waals surface area contributed by atoms with Crippen LogP contribution in [0.3, 0.4) is 0 Å². The topological polar surface area (TPSA) is 75.7 Å². The first-order valence-corrected chi connectivity index (χ1v) is 11.5. The third-order valence-electron chi connectivity index (χ3n) is 5.83. The van der Waals surface area contributed by atoms with Crippen LogP contribution in [0.5, 0.6) is 28.7 Å². The fourth-order valence-electron chi connectivity index (χ4n) is 4.16. The van der Waals surface area contributed by atoms with Gasteiger partial charge >= 0.3 is 5.97 Å². The Labute approximate surface area is 212 Å². The third kappa shape index (κ3) is 4.16. The number of halogens is 2. The molecule has 2 aliphatic heterocycles. The number of esters is 1. The number of alkyl halides is 1. The van der Waals surface area contributed by atoms with Crippen molar-refractivity contribution in [3.8, 4) is 28.7 Å². The van der Waals surface area contributed by atoms with E-state index in [9.17, 15) is 4.79 Å². The van der Waals surface area contributed by atoms with Crippen LogP contribution >= 0.6 is 35.4 Å². The molecule has 11 heteroatoms. The van der Waals surface area contributed by atoms with Crippen molar-refractivity contribution in [2.45, 2.75) is 17.9 Å². The number of thiocarbonyl (C=S) groups is 1. The maximum atomic E-state index is 12.8. The van der Waals surface area contributed by atoms with E-state index in [1.165, 1.54) is 21.3 Å². The molecule has 8 nitrogen and oxygen atoms in total. The Morgan fingerprint density at radius 1 is 1.21 bits per heavy atom. The summed E-state index contributed by atoms with van der Waals surface area (Å²) in [5, 5.41) is -0.809. The highest BCUT2D eigenvalue weighted by Crippen LogP contribution is 2.54. The van der Waals surface area contributed by atoms with E-state index in [0.717, 1.165) is 5.56 Å². The van der Waals surface area contributed by atoms with Gasteiger partial charge in [-0.1, -0.05) is 17.7 Å². The average molecular weight is 528 g/mol. The molecule has 0 aliphatic carbocycles. The number of cyclic esters (lactones) is 1. The van der Waals surface area contributed by atoms with Gasteiger partial charge in [-0.15, -0.1) is 11.6 Å². The number of likely N-dealkylation sites (N-methyl/N-ethyl adjacent to an activating group) is 1. The van der Waals surface area contributed by atoms with Crippen LogP contribution in [0.15, 0.2) is 18.2 Å². The molecule has 182 valence electrons. The zero-order valence-electron chi connectivity index (χ0n) is 19.0. The Morgan fingerprint density at radius 2 is 1.94 bits per heavy atom. The van der Waals surface area contributed by atoms with Crippen molar-refractivity contribution in [1.82, 2.24) is 4.90 Å². The highest BCUT2D eigenvalue weighted by atomic mass is 35.5. The number of carbonyl (C=O) groups is 1. The summed E-state index contributed by atoms with van der Waals surface area (Å²) in [6, 6.07) is 5.32. The van der Waals surface area contributed by atoms with Gasteiger partial charge in [0.05, 0.1) is 21.3 Å². The SMILES string of the molecule is COc1ccc2c(c1OC)C(=O)O[C@@H]2[C@H](Cl)c1c(CCN(C)C(=S)Cl)cc2c(c1OC)OCO2. The molecule has 0 fully saturated rings. The lowest BCUT2D eigenvalue weighted by molar-refractivity contribution is 0.0372. The maximum Gasteiger partial charge on any atom is 0.343 e. The lowest BCUT2D eigenvalue weighted by Crippen LogP contribution is -2.24. The van der Waals surface area contributed by atoms with Crippen LogP contribution in [0.25, 0.3) is 0 Å². The minimum absolute atomic E-state index is 0.0610. The van der Waals surface area contributed by atoms with Crippen molar-refractivity contribution in [1.29, 1.82) is 0 Å². The molecule has 2 aromatic rings. The van der Waals surface area contributed by atoms with Gasteiger partial charge in [-0.05, 0) is 36.3 Å². The van der Waals surface area contributed by atoms with Gasteiger partial charge in [-0.25, -0.2) is 4.79 Å². The zero-order chi connectivity index (χ0) is 24.6. The van der Waals surface area contributed by atoms with Crippen molar-refractivity contribution >= 4 is 45.8 Å². The van der Waals surface area contributed by atoms with Crippen molar-refractivity contribution in [2.75, 3.05) is 41.7 Å².